The van der Waals surface area contributed by atoms with Gasteiger partial charge in [0.05, 0.1) is 41.7 Å². The molecule has 1 fully saturated rings. The lowest BCUT2D eigenvalue weighted by Gasteiger charge is -2.36. The van der Waals surface area contributed by atoms with Crippen molar-refractivity contribution < 1.29 is 19.2 Å². The molecule has 0 spiro atoms. The van der Waals surface area contributed by atoms with E-state index in [-0.39, 0.29) is 17.1 Å². The van der Waals surface area contributed by atoms with Crippen LogP contribution in [0, 0.1) is 21.4 Å². The Hall–Kier alpha value is -3.20. The molecule has 2 aliphatic rings. The summed E-state index contributed by atoms with van der Waals surface area (Å²) in [6.45, 7) is 6.86. The first-order chi connectivity index (χ1) is 16.3. The summed E-state index contributed by atoms with van der Waals surface area (Å²) >= 11 is 1.15. The van der Waals surface area contributed by atoms with Crippen molar-refractivity contribution in [1.82, 2.24) is 4.98 Å². The number of para-hydroxylation sites is 2. The van der Waals surface area contributed by atoms with Crippen molar-refractivity contribution in [3.8, 4) is 6.07 Å². The van der Waals surface area contributed by atoms with Gasteiger partial charge < -0.3 is 19.7 Å². The highest BCUT2D eigenvalue weighted by Crippen LogP contribution is 2.38. The number of fused-ring (bicyclic) bond motifs is 1. The predicted octanol–water partition coefficient (Wildman–Crippen LogP) is 3.28. The highest BCUT2D eigenvalue weighted by Gasteiger charge is 2.33. The third-order valence-corrected chi connectivity index (χ3v) is 6.68. The van der Waals surface area contributed by atoms with Crippen LogP contribution in [0.15, 0.2) is 29.3 Å². The van der Waals surface area contributed by atoms with Crippen LogP contribution in [0.1, 0.15) is 30.5 Å². The molecular formula is C23H25N5O5S. The number of nitriles is 1. The Labute approximate surface area is 201 Å². The van der Waals surface area contributed by atoms with Crippen molar-refractivity contribution in [3.05, 3.63) is 51.1 Å². The summed E-state index contributed by atoms with van der Waals surface area (Å²) in [6, 6.07) is 8.26. The van der Waals surface area contributed by atoms with Crippen molar-refractivity contribution in [2.75, 3.05) is 42.3 Å². The van der Waals surface area contributed by atoms with Crippen LogP contribution in [0.2, 0.25) is 0 Å². The molecule has 10 nitrogen and oxygen atoms in total. The molecule has 3 heterocycles. The highest BCUT2D eigenvalue weighted by atomic mass is 32.2. The molecule has 2 aliphatic heterocycles. The van der Waals surface area contributed by atoms with E-state index in [0.29, 0.717) is 49.9 Å². The van der Waals surface area contributed by atoms with Gasteiger partial charge in [0, 0.05) is 31.1 Å². The number of aromatic nitrogens is 1. The van der Waals surface area contributed by atoms with Gasteiger partial charge in [-0.25, -0.2) is 4.98 Å². The van der Waals surface area contributed by atoms with Crippen LogP contribution < -0.4 is 10.2 Å². The summed E-state index contributed by atoms with van der Waals surface area (Å²) in [4.78, 5) is 30.2. The summed E-state index contributed by atoms with van der Waals surface area (Å²) in [5, 5.41) is 24.3. The molecule has 0 radical (unpaired) electrons. The lowest BCUT2D eigenvalue weighted by atomic mass is 9.89. The standard InChI is InChI=1S/C23H25N5O5S/c1-23(2)11-15-16(12-24)22(26-21(17(15)13-33-23)27-7-9-32-10-8-27)34-14-20(29)25-18-5-3-4-6-19(18)28(30)31/h3-6H,7-11,13-14H2,1-2H3,(H,25,29). The molecule has 34 heavy (non-hydrogen) atoms. The third-order valence-electron chi connectivity index (χ3n) is 5.70. The number of benzene rings is 1. The van der Waals surface area contributed by atoms with Gasteiger partial charge in [0.1, 0.15) is 22.6 Å². The first-order valence-corrected chi connectivity index (χ1v) is 11.9. The lowest BCUT2D eigenvalue weighted by Crippen LogP contribution is -2.39. The minimum Gasteiger partial charge on any atom is -0.378 e. The van der Waals surface area contributed by atoms with Crippen LogP contribution in [-0.2, 0) is 27.3 Å². The maximum Gasteiger partial charge on any atom is 0.292 e. The number of anilines is 2. The normalized spacial score (nSPS) is 16.9. The number of nitrogens with zero attached hydrogens (tertiary/aromatic N) is 4. The number of nitro benzene ring substituents is 1. The summed E-state index contributed by atoms with van der Waals surface area (Å²) in [5.74, 6) is 0.295. The van der Waals surface area contributed by atoms with E-state index in [1.165, 1.54) is 18.2 Å². The number of nitrogens with one attached hydrogen (secondary N) is 1. The molecule has 0 atom stereocenters. The predicted molar refractivity (Wildman–Crippen MR) is 127 cm³/mol. The van der Waals surface area contributed by atoms with E-state index in [2.05, 4.69) is 16.3 Å². The SMILES string of the molecule is CC1(C)Cc2c(C#N)c(SCC(=O)Nc3ccccc3[N+](=O)[O-])nc(N3CCOCC3)c2CO1. The fraction of sp³-hybridized carbons (Fsp3) is 0.435. The quantitative estimate of drug-likeness (QED) is 0.373. The highest BCUT2D eigenvalue weighted by molar-refractivity contribution is 8.00. The van der Waals surface area contributed by atoms with Crippen LogP contribution in [0.5, 0.6) is 0 Å². The number of thioether (sulfide) groups is 1. The molecule has 1 aromatic heterocycles. The fourth-order valence-electron chi connectivity index (χ4n) is 4.04. The number of hydrogen-bond donors (Lipinski definition) is 1. The largest absolute Gasteiger partial charge is 0.378 e. The van der Waals surface area contributed by atoms with E-state index in [9.17, 15) is 20.2 Å². The van der Waals surface area contributed by atoms with Crippen molar-refractivity contribution >= 4 is 34.9 Å². The van der Waals surface area contributed by atoms with Crippen molar-refractivity contribution in [1.29, 1.82) is 5.26 Å². The molecular weight excluding hydrogens is 458 g/mol. The van der Waals surface area contributed by atoms with E-state index in [4.69, 9.17) is 14.5 Å². The molecule has 0 saturated carbocycles. The number of rotatable bonds is 6. The summed E-state index contributed by atoms with van der Waals surface area (Å²) in [7, 11) is 0. The van der Waals surface area contributed by atoms with Gasteiger partial charge in [-0.05, 0) is 25.5 Å². The van der Waals surface area contributed by atoms with E-state index >= 15 is 0 Å². The molecule has 11 heteroatoms. The molecule has 178 valence electrons. The number of nitro groups is 1. The number of carbonyl (C=O) groups excluding carboxylic acids is 1. The monoisotopic (exact) mass is 483 g/mol. The van der Waals surface area contributed by atoms with E-state index in [1.54, 1.807) is 6.07 Å². The number of ether oxygens (including phenoxy) is 2. The summed E-state index contributed by atoms with van der Waals surface area (Å²) in [6.07, 6.45) is 0.557. The topological polar surface area (TPSA) is 131 Å². The number of morpholine rings is 1. The molecule has 1 saturated heterocycles. The van der Waals surface area contributed by atoms with Crippen LogP contribution in [0.25, 0.3) is 0 Å². The summed E-state index contributed by atoms with van der Waals surface area (Å²) < 4.78 is 11.5. The minimum atomic E-state index is -0.542. The molecule has 1 amide bonds. The van der Waals surface area contributed by atoms with Gasteiger partial charge >= 0.3 is 0 Å². The van der Waals surface area contributed by atoms with Gasteiger partial charge in [-0.2, -0.15) is 5.26 Å². The second kappa shape index (κ2) is 9.97. The zero-order valence-corrected chi connectivity index (χ0v) is 19.8. The fourth-order valence-corrected chi connectivity index (χ4v) is 4.84. The van der Waals surface area contributed by atoms with Crippen LogP contribution in [-0.4, -0.2) is 53.5 Å². The Morgan fingerprint density at radius 3 is 2.76 bits per heavy atom. The Bertz CT molecular complexity index is 1160. The smallest absolute Gasteiger partial charge is 0.292 e. The number of amides is 1. The third kappa shape index (κ3) is 5.14. The maximum absolute atomic E-state index is 12.6. The Kier molecular flexibility index (Phi) is 7.02. The van der Waals surface area contributed by atoms with Gasteiger partial charge in [-0.15, -0.1) is 0 Å². The molecule has 0 aliphatic carbocycles. The molecule has 0 bridgehead atoms. The Balaban J connectivity index is 1.62. The molecule has 4 rings (SSSR count). The van der Waals surface area contributed by atoms with E-state index in [1.807, 2.05) is 13.8 Å². The molecule has 1 N–H and O–H groups in total. The minimum absolute atomic E-state index is 0.0467. The molecule has 1 aromatic carbocycles. The Morgan fingerprint density at radius 2 is 2.06 bits per heavy atom. The first-order valence-electron chi connectivity index (χ1n) is 10.9. The van der Waals surface area contributed by atoms with Crippen LogP contribution in [0.4, 0.5) is 17.2 Å². The first kappa shape index (κ1) is 23.9. The van der Waals surface area contributed by atoms with Gasteiger partial charge in [0.2, 0.25) is 5.91 Å². The second-order valence-electron chi connectivity index (χ2n) is 8.62. The van der Waals surface area contributed by atoms with Crippen LogP contribution in [0.3, 0.4) is 0 Å². The maximum atomic E-state index is 12.6. The number of carbonyl (C=O) groups is 1. The zero-order valence-electron chi connectivity index (χ0n) is 19.0. The van der Waals surface area contributed by atoms with Crippen molar-refractivity contribution in [2.24, 2.45) is 0 Å². The van der Waals surface area contributed by atoms with E-state index in [0.717, 1.165) is 28.7 Å². The number of pyridine rings is 1. The van der Waals surface area contributed by atoms with Crippen LogP contribution >= 0.6 is 11.8 Å². The average molecular weight is 484 g/mol. The molecule has 2 aromatic rings. The van der Waals surface area contributed by atoms with Crippen molar-refractivity contribution in [2.45, 2.75) is 37.5 Å². The molecule has 0 unspecified atom stereocenters. The van der Waals surface area contributed by atoms with Gasteiger partial charge in [0.15, 0.2) is 0 Å². The lowest BCUT2D eigenvalue weighted by molar-refractivity contribution is -0.383. The summed E-state index contributed by atoms with van der Waals surface area (Å²) in [5.41, 5.74) is 1.79. The zero-order chi connectivity index (χ0) is 24.3. The van der Waals surface area contributed by atoms with Gasteiger partial charge in [-0.3, -0.25) is 14.9 Å². The van der Waals surface area contributed by atoms with Gasteiger partial charge in [-0.1, -0.05) is 23.9 Å². The van der Waals surface area contributed by atoms with Gasteiger partial charge in [0.25, 0.3) is 5.69 Å². The average Bonchev–Trinajstić information content (AvgIpc) is 2.82. The van der Waals surface area contributed by atoms with Crippen molar-refractivity contribution in [3.63, 3.8) is 0 Å². The number of hydrogen-bond acceptors (Lipinski definition) is 9. The second-order valence-corrected chi connectivity index (χ2v) is 9.58. The Morgan fingerprint density at radius 1 is 1.32 bits per heavy atom. The van der Waals surface area contributed by atoms with E-state index < -0.39 is 16.4 Å².